The van der Waals surface area contributed by atoms with Gasteiger partial charge in [-0.15, -0.1) is 17.9 Å². The number of carbonyl (C=O) groups excluding carboxylic acids is 1. The van der Waals surface area contributed by atoms with Crippen LogP contribution in [0.25, 0.3) is 0 Å². The molecule has 19 heavy (non-hydrogen) atoms. The highest BCUT2D eigenvalue weighted by Crippen LogP contribution is 2.46. The van der Waals surface area contributed by atoms with Crippen LogP contribution in [0.3, 0.4) is 0 Å². The van der Waals surface area contributed by atoms with Gasteiger partial charge in [0.25, 0.3) is 0 Å². The number of urea groups is 1. The van der Waals surface area contributed by atoms with Gasteiger partial charge in [-0.05, 0) is 17.0 Å². The van der Waals surface area contributed by atoms with Crippen molar-refractivity contribution in [2.24, 2.45) is 0 Å². The lowest BCUT2D eigenvalue weighted by Crippen LogP contribution is -2.37. The highest BCUT2D eigenvalue weighted by molar-refractivity contribution is 7.10. The van der Waals surface area contributed by atoms with Crippen molar-refractivity contribution in [3.05, 3.63) is 34.5 Å². The van der Waals surface area contributed by atoms with Crippen LogP contribution in [-0.2, 0) is 9.63 Å². The van der Waals surface area contributed by atoms with Crippen molar-refractivity contribution in [3.63, 3.8) is 0 Å². The molecule has 2 aliphatic rings. The predicted molar refractivity (Wildman–Crippen MR) is 67.5 cm³/mol. The summed E-state index contributed by atoms with van der Waals surface area (Å²) < 4.78 is 0. The molecule has 6 nitrogen and oxygen atoms in total. The zero-order chi connectivity index (χ0) is 13.6. The van der Waals surface area contributed by atoms with Crippen LogP contribution in [0.2, 0.25) is 0 Å². The van der Waals surface area contributed by atoms with Gasteiger partial charge in [0.2, 0.25) is 0 Å². The number of nitrogens with zero attached hydrogens (tertiary/aromatic N) is 2. The largest absolute Gasteiger partial charge is 0.479 e. The standard InChI is InChI=1S/C12H12N2O4S/c1-2-4-18-14-8-6-13(12(14)17)9(11(15)16)10-7(8)3-5-19-10/h2-3,5,8-9H,1,4,6H2,(H,15,16)/t8-,9?/m1/s1. The molecule has 2 amide bonds. The number of carboxylic acid groups (broad SMARTS) is 1. The summed E-state index contributed by atoms with van der Waals surface area (Å²) >= 11 is 1.36. The number of carboxylic acids is 1. The van der Waals surface area contributed by atoms with Crippen molar-refractivity contribution in [1.82, 2.24) is 9.96 Å². The fourth-order valence-corrected chi connectivity index (χ4v) is 3.59. The van der Waals surface area contributed by atoms with Gasteiger partial charge in [0, 0.05) is 4.88 Å². The Balaban J connectivity index is 2.02. The van der Waals surface area contributed by atoms with E-state index < -0.39 is 18.0 Å². The number of aliphatic carboxylic acids is 1. The van der Waals surface area contributed by atoms with E-state index in [1.54, 1.807) is 6.08 Å². The number of rotatable bonds is 4. The molecule has 1 aromatic heterocycles. The molecule has 1 unspecified atom stereocenters. The van der Waals surface area contributed by atoms with E-state index in [1.165, 1.54) is 21.3 Å². The first kappa shape index (κ1) is 12.2. The molecule has 0 aromatic carbocycles. The number of carbonyl (C=O) groups is 2. The van der Waals surface area contributed by atoms with Crippen molar-refractivity contribution in [1.29, 1.82) is 0 Å². The number of hydrogen-bond donors (Lipinski definition) is 1. The first-order valence-electron chi connectivity index (χ1n) is 5.79. The van der Waals surface area contributed by atoms with Crippen LogP contribution < -0.4 is 0 Å². The fourth-order valence-electron chi connectivity index (χ4n) is 2.53. The first-order valence-corrected chi connectivity index (χ1v) is 6.67. The van der Waals surface area contributed by atoms with Gasteiger partial charge in [-0.2, -0.15) is 5.06 Å². The highest BCUT2D eigenvalue weighted by atomic mass is 32.1. The molecule has 1 fully saturated rings. The van der Waals surface area contributed by atoms with E-state index in [-0.39, 0.29) is 12.6 Å². The van der Waals surface area contributed by atoms with Crippen LogP contribution in [0, 0.1) is 0 Å². The van der Waals surface area contributed by atoms with E-state index in [2.05, 4.69) is 6.58 Å². The monoisotopic (exact) mass is 280 g/mol. The second-order valence-corrected chi connectivity index (χ2v) is 5.29. The second-order valence-electron chi connectivity index (χ2n) is 4.34. The van der Waals surface area contributed by atoms with Gasteiger partial charge in [0.15, 0.2) is 6.04 Å². The van der Waals surface area contributed by atoms with Crippen LogP contribution in [0.15, 0.2) is 24.1 Å². The summed E-state index contributed by atoms with van der Waals surface area (Å²) in [5, 5.41) is 12.4. The molecule has 0 radical (unpaired) electrons. The zero-order valence-electron chi connectivity index (χ0n) is 9.98. The maximum atomic E-state index is 12.2. The van der Waals surface area contributed by atoms with Crippen molar-refractivity contribution in [2.75, 3.05) is 13.2 Å². The number of hydrogen-bond acceptors (Lipinski definition) is 4. The Labute approximate surface area is 113 Å². The summed E-state index contributed by atoms with van der Waals surface area (Å²) in [6.45, 7) is 4.10. The van der Waals surface area contributed by atoms with Crippen LogP contribution in [0.1, 0.15) is 22.5 Å². The molecular weight excluding hydrogens is 268 g/mol. The lowest BCUT2D eigenvalue weighted by atomic mass is 10.00. The Morgan fingerprint density at radius 2 is 2.47 bits per heavy atom. The number of fused-ring (bicyclic) bond motifs is 4. The lowest BCUT2D eigenvalue weighted by Gasteiger charge is -2.27. The maximum Gasteiger partial charge on any atom is 0.345 e. The molecule has 2 bridgehead atoms. The van der Waals surface area contributed by atoms with Gasteiger partial charge in [0.1, 0.15) is 6.04 Å². The molecule has 3 heterocycles. The quantitative estimate of drug-likeness (QED) is 0.854. The molecular formula is C12H12N2O4S. The van der Waals surface area contributed by atoms with Crippen molar-refractivity contribution in [3.8, 4) is 0 Å². The third-order valence-electron chi connectivity index (χ3n) is 3.30. The van der Waals surface area contributed by atoms with Crippen molar-refractivity contribution in [2.45, 2.75) is 12.1 Å². The topological polar surface area (TPSA) is 70.1 Å². The Kier molecular flexibility index (Phi) is 2.79. The van der Waals surface area contributed by atoms with Crippen molar-refractivity contribution >= 4 is 23.3 Å². The highest BCUT2D eigenvalue weighted by Gasteiger charge is 2.51. The van der Waals surface area contributed by atoms with Gasteiger partial charge >= 0.3 is 12.0 Å². The third kappa shape index (κ3) is 1.66. The molecule has 3 rings (SSSR count). The molecule has 0 aliphatic carbocycles. The summed E-state index contributed by atoms with van der Waals surface area (Å²) in [6, 6.07) is 0.323. The number of hydroxylamine groups is 2. The average Bonchev–Trinajstić information content (AvgIpc) is 2.94. The van der Waals surface area contributed by atoms with E-state index in [9.17, 15) is 14.7 Å². The molecule has 100 valence electrons. The predicted octanol–water partition coefficient (Wildman–Crippen LogP) is 1.78. The van der Waals surface area contributed by atoms with E-state index in [4.69, 9.17) is 4.84 Å². The molecule has 1 N–H and O–H groups in total. The molecule has 0 saturated carbocycles. The number of thiophene rings is 1. The molecule has 1 saturated heterocycles. The summed E-state index contributed by atoms with van der Waals surface area (Å²) in [7, 11) is 0. The Bertz CT molecular complexity index is 556. The van der Waals surface area contributed by atoms with Crippen LogP contribution in [0.4, 0.5) is 4.79 Å². The summed E-state index contributed by atoms with van der Waals surface area (Å²) in [5.41, 5.74) is 0.864. The lowest BCUT2D eigenvalue weighted by molar-refractivity contribution is -0.142. The van der Waals surface area contributed by atoms with Crippen LogP contribution in [0.5, 0.6) is 0 Å². The van der Waals surface area contributed by atoms with Crippen LogP contribution >= 0.6 is 11.3 Å². The normalized spacial score (nSPS) is 24.5. The molecule has 1 aromatic rings. The minimum absolute atomic E-state index is 0.216. The van der Waals surface area contributed by atoms with Gasteiger partial charge in [-0.3, -0.25) is 4.84 Å². The average molecular weight is 280 g/mol. The van der Waals surface area contributed by atoms with Crippen LogP contribution in [-0.4, -0.2) is 40.2 Å². The SMILES string of the molecule is C=CCON1C(=O)N2C[C@@H]1c1ccsc1C2C(=O)O. The second kappa shape index (κ2) is 4.36. The minimum Gasteiger partial charge on any atom is -0.479 e. The van der Waals surface area contributed by atoms with E-state index in [0.717, 1.165) is 5.56 Å². The molecule has 2 atom stereocenters. The fraction of sp³-hybridized carbons (Fsp3) is 0.333. The summed E-state index contributed by atoms with van der Waals surface area (Å²) in [6.07, 6.45) is 1.55. The Morgan fingerprint density at radius 1 is 1.68 bits per heavy atom. The third-order valence-corrected chi connectivity index (χ3v) is 4.28. The minimum atomic E-state index is -1.01. The number of amides is 2. The summed E-state index contributed by atoms with van der Waals surface area (Å²) in [4.78, 5) is 31.0. The van der Waals surface area contributed by atoms with Gasteiger partial charge < -0.3 is 10.0 Å². The Hall–Kier alpha value is -1.86. The van der Waals surface area contributed by atoms with E-state index >= 15 is 0 Å². The first-order chi connectivity index (χ1) is 9.15. The smallest absolute Gasteiger partial charge is 0.345 e. The summed E-state index contributed by atoms with van der Waals surface area (Å²) in [5.74, 6) is -1.01. The van der Waals surface area contributed by atoms with E-state index in [1.807, 2.05) is 11.4 Å². The molecule has 2 aliphatic heterocycles. The zero-order valence-corrected chi connectivity index (χ0v) is 10.8. The van der Waals surface area contributed by atoms with Gasteiger partial charge in [-0.1, -0.05) is 6.08 Å². The Morgan fingerprint density at radius 3 is 3.16 bits per heavy atom. The van der Waals surface area contributed by atoms with Gasteiger partial charge in [0.05, 0.1) is 13.2 Å². The van der Waals surface area contributed by atoms with Crippen molar-refractivity contribution < 1.29 is 19.5 Å². The van der Waals surface area contributed by atoms with E-state index in [0.29, 0.717) is 11.4 Å². The maximum absolute atomic E-state index is 12.2. The molecule has 0 spiro atoms. The van der Waals surface area contributed by atoms with Gasteiger partial charge in [-0.25, -0.2) is 9.59 Å². The molecule has 7 heteroatoms.